The van der Waals surface area contributed by atoms with Crippen LogP contribution in [0.15, 0.2) is 0 Å². The highest BCUT2D eigenvalue weighted by molar-refractivity contribution is 7.89. The maximum absolute atomic E-state index is 12.5. The molecule has 0 aromatic carbocycles. The average Bonchev–Trinajstić information content (AvgIpc) is 2.54. The minimum atomic E-state index is -3.39. The number of nitrogens with one attached hydrogen (secondary N) is 2. The molecule has 2 fully saturated rings. The number of nitrogens with zero attached hydrogens (tertiary/aromatic N) is 2. The Balaban J connectivity index is 1.94. The minimum absolute atomic E-state index is 0.0264. The molecule has 5 unspecified atom stereocenters. The lowest BCUT2D eigenvalue weighted by Crippen LogP contribution is -2.58. The van der Waals surface area contributed by atoms with Gasteiger partial charge in [-0.15, -0.1) is 23.2 Å². The number of amides is 2. The van der Waals surface area contributed by atoms with Crippen molar-refractivity contribution in [2.24, 2.45) is 5.92 Å². The normalized spacial score (nSPS) is 33.4. The molecule has 2 aliphatic rings. The second kappa shape index (κ2) is 8.60. The number of hydrogen-bond acceptors (Lipinski definition) is 5. The zero-order chi connectivity index (χ0) is 19.6. The maximum atomic E-state index is 12.5. The van der Waals surface area contributed by atoms with Crippen LogP contribution in [0.1, 0.15) is 32.6 Å². The first-order valence-corrected chi connectivity index (χ1v) is 10.9. The van der Waals surface area contributed by atoms with Gasteiger partial charge in [-0.05, 0) is 25.2 Å². The molecule has 0 bridgehead atoms. The third-order valence-corrected chi connectivity index (χ3v) is 8.32. The molecule has 1 aliphatic carbocycles. The van der Waals surface area contributed by atoms with E-state index in [1.165, 1.54) is 18.4 Å². The molecular weight excluding hydrogens is 403 g/mol. The van der Waals surface area contributed by atoms with Gasteiger partial charge >= 0.3 is 0 Å². The molecule has 0 aromatic rings. The molecule has 150 valence electrons. The van der Waals surface area contributed by atoms with Crippen LogP contribution in [0.4, 0.5) is 0 Å². The van der Waals surface area contributed by atoms with E-state index in [4.69, 9.17) is 23.2 Å². The van der Waals surface area contributed by atoms with Gasteiger partial charge in [-0.3, -0.25) is 14.6 Å². The SMILES string of the molecule is CC1CCC(NC(=O)CN2NC(Cl)C(Cl)CC2=O)CC1S(=O)(=O)N(C)C. The van der Waals surface area contributed by atoms with Crippen molar-refractivity contribution >= 4 is 45.0 Å². The van der Waals surface area contributed by atoms with Crippen molar-refractivity contribution in [2.45, 2.75) is 54.8 Å². The Morgan fingerprint density at radius 3 is 2.62 bits per heavy atom. The van der Waals surface area contributed by atoms with Gasteiger partial charge in [0.2, 0.25) is 21.8 Å². The highest BCUT2D eigenvalue weighted by atomic mass is 35.5. The Bertz CT molecular complexity index is 646. The molecule has 26 heavy (non-hydrogen) atoms. The number of alkyl halides is 2. The van der Waals surface area contributed by atoms with Crippen molar-refractivity contribution < 1.29 is 18.0 Å². The van der Waals surface area contributed by atoms with Crippen LogP contribution in [0.3, 0.4) is 0 Å². The molecule has 2 N–H and O–H groups in total. The molecule has 0 aromatic heterocycles. The van der Waals surface area contributed by atoms with Crippen molar-refractivity contribution in [3.8, 4) is 0 Å². The van der Waals surface area contributed by atoms with Crippen molar-refractivity contribution in [3.63, 3.8) is 0 Å². The van der Waals surface area contributed by atoms with Gasteiger partial charge in [0.25, 0.3) is 0 Å². The fraction of sp³-hybridized carbons (Fsp3) is 0.867. The van der Waals surface area contributed by atoms with E-state index in [2.05, 4.69) is 10.7 Å². The third kappa shape index (κ3) is 5.01. The van der Waals surface area contributed by atoms with E-state index in [-0.39, 0.29) is 36.7 Å². The third-order valence-electron chi connectivity index (χ3n) is 4.95. The molecule has 2 amide bonds. The van der Waals surface area contributed by atoms with Crippen LogP contribution < -0.4 is 10.7 Å². The molecule has 1 saturated carbocycles. The van der Waals surface area contributed by atoms with Crippen LogP contribution in [0.25, 0.3) is 0 Å². The number of carbonyl (C=O) groups excluding carboxylic acids is 2. The Hall–Kier alpha value is -0.610. The highest BCUT2D eigenvalue weighted by Crippen LogP contribution is 2.30. The first-order valence-electron chi connectivity index (χ1n) is 8.57. The van der Waals surface area contributed by atoms with Crippen molar-refractivity contribution in [1.82, 2.24) is 20.1 Å². The summed E-state index contributed by atoms with van der Waals surface area (Å²) < 4.78 is 26.2. The lowest BCUT2D eigenvalue weighted by Gasteiger charge is -2.36. The van der Waals surface area contributed by atoms with Gasteiger partial charge in [-0.1, -0.05) is 6.92 Å². The molecule has 1 aliphatic heterocycles. The number of hydrogen-bond donors (Lipinski definition) is 2. The van der Waals surface area contributed by atoms with E-state index >= 15 is 0 Å². The Morgan fingerprint density at radius 2 is 2.00 bits per heavy atom. The van der Waals surface area contributed by atoms with Gasteiger partial charge in [0.05, 0.1) is 10.6 Å². The molecule has 0 radical (unpaired) electrons. The standard InChI is InChI=1S/C15H26Cl2N4O4S/c1-9-4-5-10(6-12(9)26(24,25)20(2)3)18-13(22)8-21-14(23)7-11(16)15(17)19-21/h9-12,15,19H,4-8H2,1-3H3,(H,18,22). The summed E-state index contributed by atoms with van der Waals surface area (Å²) in [4.78, 5) is 24.2. The summed E-state index contributed by atoms with van der Waals surface area (Å²) in [6.07, 6.45) is 1.83. The van der Waals surface area contributed by atoms with E-state index in [1.807, 2.05) is 6.92 Å². The number of sulfonamides is 1. The second-order valence-electron chi connectivity index (χ2n) is 7.15. The molecule has 1 saturated heterocycles. The van der Waals surface area contributed by atoms with E-state index in [9.17, 15) is 18.0 Å². The summed E-state index contributed by atoms with van der Waals surface area (Å²) in [6, 6.07) is -0.245. The summed E-state index contributed by atoms with van der Waals surface area (Å²) >= 11 is 11.9. The average molecular weight is 429 g/mol. The van der Waals surface area contributed by atoms with Gasteiger partial charge in [0.15, 0.2) is 0 Å². The molecule has 5 atom stereocenters. The quantitative estimate of drug-likeness (QED) is 0.489. The largest absolute Gasteiger partial charge is 0.352 e. The predicted octanol–water partition coefficient (Wildman–Crippen LogP) is 0.460. The van der Waals surface area contributed by atoms with E-state index in [0.717, 1.165) is 5.01 Å². The van der Waals surface area contributed by atoms with Gasteiger partial charge in [-0.2, -0.15) is 0 Å². The summed E-state index contributed by atoms with van der Waals surface area (Å²) in [6.45, 7) is 1.73. The number of rotatable bonds is 5. The topological polar surface area (TPSA) is 98.8 Å². The lowest BCUT2D eigenvalue weighted by molar-refractivity contribution is -0.142. The molecule has 8 nitrogen and oxygen atoms in total. The molecular formula is C15H26Cl2N4O4S. The monoisotopic (exact) mass is 428 g/mol. The summed E-state index contributed by atoms with van der Waals surface area (Å²) in [5, 5.41) is 2.94. The Morgan fingerprint density at radius 1 is 1.35 bits per heavy atom. The van der Waals surface area contributed by atoms with Crippen LogP contribution in [-0.2, 0) is 19.6 Å². The zero-order valence-corrected chi connectivity index (χ0v) is 17.4. The smallest absolute Gasteiger partial charge is 0.241 e. The van der Waals surface area contributed by atoms with Crippen LogP contribution >= 0.6 is 23.2 Å². The molecule has 1 heterocycles. The molecule has 2 rings (SSSR count). The van der Waals surface area contributed by atoms with Gasteiger partial charge in [0, 0.05) is 26.6 Å². The van der Waals surface area contributed by atoms with Gasteiger partial charge in [0.1, 0.15) is 12.0 Å². The molecule has 11 heteroatoms. The first-order chi connectivity index (χ1) is 12.0. The highest BCUT2D eigenvalue weighted by Gasteiger charge is 2.39. The van der Waals surface area contributed by atoms with E-state index in [1.54, 1.807) is 0 Å². The van der Waals surface area contributed by atoms with Crippen molar-refractivity contribution in [2.75, 3.05) is 20.6 Å². The number of carbonyl (C=O) groups is 2. The van der Waals surface area contributed by atoms with Crippen LogP contribution in [0.2, 0.25) is 0 Å². The van der Waals surface area contributed by atoms with Crippen molar-refractivity contribution in [1.29, 1.82) is 0 Å². The van der Waals surface area contributed by atoms with E-state index in [0.29, 0.717) is 19.3 Å². The number of hydrazine groups is 1. The number of halogens is 2. The van der Waals surface area contributed by atoms with Crippen LogP contribution in [0, 0.1) is 5.92 Å². The van der Waals surface area contributed by atoms with E-state index < -0.39 is 26.2 Å². The summed E-state index contributed by atoms with van der Waals surface area (Å²) in [5.41, 5.74) is 2.06. The lowest BCUT2D eigenvalue weighted by atomic mass is 9.87. The van der Waals surface area contributed by atoms with Crippen LogP contribution in [0.5, 0.6) is 0 Å². The van der Waals surface area contributed by atoms with Gasteiger partial charge < -0.3 is 5.32 Å². The molecule has 0 spiro atoms. The Labute approximate surface area is 164 Å². The predicted molar refractivity (Wildman–Crippen MR) is 100 cm³/mol. The minimum Gasteiger partial charge on any atom is -0.352 e. The zero-order valence-electron chi connectivity index (χ0n) is 15.1. The summed E-state index contributed by atoms with van der Waals surface area (Å²) in [7, 11) is -0.357. The fourth-order valence-corrected chi connectivity index (χ4v) is 5.47. The fourth-order valence-electron chi connectivity index (χ4n) is 3.33. The van der Waals surface area contributed by atoms with Crippen molar-refractivity contribution in [3.05, 3.63) is 0 Å². The van der Waals surface area contributed by atoms with Gasteiger partial charge in [-0.25, -0.2) is 18.1 Å². The Kier molecular flexibility index (Phi) is 7.17. The summed E-state index contributed by atoms with van der Waals surface area (Å²) in [5.74, 6) is -0.635. The second-order valence-corrected chi connectivity index (χ2v) is 10.5. The first kappa shape index (κ1) is 21.7. The van der Waals surface area contributed by atoms with Crippen LogP contribution in [-0.4, -0.2) is 72.4 Å². The maximum Gasteiger partial charge on any atom is 0.241 e.